The number of amides is 1. The molecule has 0 spiro atoms. The van der Waals surface area contributed by atoms with Crippen LogP contribution in [0.4, 0.5) is 0 Å². The van der Waals surface area contributed by atoms with Crippen molar-refractivity contribution in [1.29, 1.82) is 0 Å². The number of nitrogens with one attached hydrogen (secondary N) is 1. The summed E-state index contributed by atoms with van der Waals surface area (Å²) in [5.41, 5.74) is 0.364. The Kier molecular flexibility index (Phi) is 10.0. The van der Waals surface area contributed by atoms with Gasteiger partial charge in [0.2, 0.25) is 10.0 Å². The highest BCUT2D eigenvalue weighted by molar-refractivity contribution is 9.10. The molecule has 1 heterocycles. The third-order valence-electron chi connectivity index (χ3n) is 5.67. The van der Waals surface area contributed by atoms with Crippen LogP contribution in [-0.2, 0) is 14.8 Å². The molecule has 2 atom stereocenters. The van der Waals surface area contributed by atoms with Crippen LogP contribution < -0.4 is 5.32 Å². The van der Waals surface area contributed by atoms with Crippen LogP contribution >= 0.6 is 27.7 Å². The molecule has 0 bridgehead atoms. The summed E-state index contributed by atoms with van der Waals surface area (Å²) >= 11 is 4.88. The van der Waals surface area contributed by atoms with E-state index in [1.807, 2.05) is 31.2 Å². The Hall–Kier alpha value is -1.39. The van der Waals surface area contributed by atoms with Crippen LogP contribution in [0.1, 0.15) is 44.0 Å². The first-order chi connectivity index (χ1) is 16.2. The standard InChI is InChI=1S/C25H33BrN2O4S2/c1-4-32-13-5-12-27-25(29)23-15-22(34(30,31)28-16-18(2)14-19(3)17-28)10-11-24(23)33-21-8-6-20(26)7-9-21/h6-11,15,18-19H,4-5,12-14,16-17H2,1-3H3,(H,27,29)/t18-,19+. The number of halogens is 1. The van der Waals surface area contributed by atoms with Crippen LogP contribution in [0.3, 0.4) is 0 Å². The first-order valence-corrected chi connectivity index (χ1v) is 14.7. The number of benzene rings is 2. The zero-order chi connectivity index (χ0) is 24.7. The van der Waals surface area contributed by atoms with Gasteiger partial charge in [-0.3, -0.25) is 4.79 Å². The number of sulfonamides is 1. The fourth-order valence-electron chi connectivity index (χ4n) is 4.13. The van der Waals surface area contributed by atoms with Crippen molar-refractivity contribution in [3.05, 3.63) is 52.5 Å². The fraction of sp³-hybridized carbons (Fsp3) is 0.480. The van der Waals surface area contributed by atoms with Gasteiger partial charge in [-0.25, -0.2) is 8.42 Å². The fourth-order valence-corrected chi connectivity index (χ4v) is 7.03. The lowest BCUT2D eigenvalue weighted by Gasteiger charge is -2.34. The molecule has 2 aromatic carbocycles. The first-order valence-electron chi connectivity index (χ1n) is 11.6. The van der Waals surface area contributed by atoms with Gasteiger partial charge in [-0.1, -0.05) is 41.5 Å². The number of hydrogen-bond donors (Lipinski definition) is 1. The van der Waals surface area contributed by atoms with Crippen molar-refractivity contribution in [1.82, 2.24) is 9.62 Å². The molecule has 0 aliphatic carbocycles. The molecule has 34 heavy (non-hydrogen) atoms. The molecule has 0 aromatic heterocycles. The lowest BCUT2D eigenvalue weighted by Crippen LogP contribution is -2.42. The summed E-state index contributed by atoms with van der Waals surface area (Å²) in [5.74, 6) is 0.325. The zero-order valence-electron chi connectivity index (χ0n) is 19.9. The van der Waals surface area contributed by atoms with Crippen molar-refractivity contribution in [2.75, 3.05) is 32.8 Å². The topological polar surface area (TPSA) is 75.7 Å². The summed E-state index contributed by atoms with van der Waals surface area (Å²) in [6.45, 7) is 8.75. The van der Waals surface area contributed by atoms with Crippen LogP contribution in [0.2, 0.25) is 0 Å². The molecule has 2 aromatic rings. The van der Waals surface area contributed by atoms with Crippen LogP contribution in [0.5, 0.6) is 0 Å². The molecule has 1 N–H and O–H groups in total. The predicted octanol–water partition coefficient (Wildman–Crippen LogP) is 5.42. The van der Waals surface area contributed by atoms with E-state index in [1.54, 1.807) is 16.4 Å². The minimum atomic E-state index is -3.69. The van der Waals surface area contributed by atoms with E-state index >= 15 is 0 Å². The van der Waals surface area contributed by atoms with Crippen molar-refractivity contribution >= 4 is 43.6 Å². The number of carbonyl (C=O) groups is 1. The minimum Gasteiger partial charge on any atom is -0.382 e. The summed E-state index contributed by atoms with van der Waals surface area (Å²) in [6.07, 6.45) is 1.71. The molecule has 0 unspecified atom stereocenters. The van der Waals surface area contributed by atoms with E-state index in [9.17, 15) is 13.2 Å². The highest BCUT2D eigenvalue weighted by Crippen LogP contribution is 2.34. The monoisotopic (exact) mass is 568 g/mol. The second-order valence-corrected chi connectivity index (χ2v) is 12.8. The Labute approximate surface area is 216 Å². The molecular weight excluding hydrogens is 536 g/mol. The van der Waals surface area contributed by atoms with Crippen LogP contribution in [0, 0.1) is 11.8 Å². The Morgan fingerprint density at radius 3 is 2.47 bits per heavy atom. The smallest absolute Gasteiger partial charge is 0.252 e. The molecule has 1 aliphatic rings. The van der Waals surface area contributed by atoms with Crippen molar-refractivity contribution < 1.29 is 17.9 Å². The summed E-state index contributed by atoms with van der Waals surface area (Å²) < 4.78 is 34.8. The highest BCUT2D eigenvalue weighted by atomic mass is 79.9. The summed E-state index contributed by atoms with van der Waals surface area (Å²) in [7, 11) is -3.69. The van der Waals surface area contributed by atoms with Gasteiger partial charge in [-0.05, 0) is 74.1 Å². The van der Waals surface area contributed by atoms with Gasteiger partial charge in [0.25, 0.3) is 5.91 Å². The van der Waals surface area contributed by atoms with E-state index in [4.69, 9.17) is 4.74 Å². The van der Waals surface area contributed by atoms with Gasteiger partial charge in [-0.2, -0.15) is 4.31 Å². The van der Waals surface area contributed by atoms with E-state index in [-0.39, 0.29) is 10.8 Å². The molecule has 9 heteroatoms. The summed E-state index contributed by atoms with van der Waals surface area (Å²) in [5, 5.41) is 2.92. The van der Waals surface area contributed by atoms with Gasteiger partial charge in [0.05, 0.1) is 10.5 Å². The molecule has 1 fully saturated rings. The summed E-state index contributed by atoms with van der Waals surface area (Å²) in [6, 6.07) is 12.7. The Balaban J connectivity index is 1.89. The van der Waals surface area contributed by atoms with E-state index in [0.29, 0.717) is 61.6 Å². The average molecular weight is 570 g/mol. The SMILES string of the molecule is CCOCCCNC(=O)c1cc(S(=O)(=O)N2C[C@H](C)C[C@H](C)C2)ccc1Sc1ccc(Br)cc1. The molecule has 1 aliphatic heterocycles. The molecule has 6 nitrogen and oxygen atoms in total. The van der Waals surface area contributed by atoms with Crippen LogP contribution in [0.25, 0.3) is 0 Å². The number of hydrogen-bond acceptors (Lipinski definition) is 5. The maximum atomic E-state index is 13.5. The third kappa shape index (κ3) is 7.31. The maximum absolute atomic E-state index is 13.5. The lowest BCUT2D eigenvalue weighted by molar-refractivity contribution is 0.0941. The molecule has 186 valence electrons. The second kappa shape index (κ2) is 12.5. The highest BCUT2D eigenvalue weighted by Gasteiger charge is 2.32. The van der Waals surface area contributed by atoms with Gasteiger partial charge >= 0.3 is 0 Å². The second-order valence-electron chi connectivity index (χ2n) is 8.79. The number of carbonyl (C=O) groups excluding carboxylic acids is 1. The van der Waals surface area contributed by atoms with Crippen LogP contribution in [-0.4, -0.2) is 51.5 Å². The lowest BCUT2D eigenvalue weighted by atomic mass is 9.94. The first kappa shape index (κ1) is 27.2. The Morgan fingerprint density at radius 2 is 1.82 bits per heavy atom. The van der Waals surface area contributed by atoms with Crippen molar-refractivity contribution in [3.8, 4) is 0 Å². The largest absolute Gasteiger partial charge is 0.382 e. The van der Waals surface area contributed by atoms with Crippen molar-refractivity contribution in [2.45, 2.75) is 48.3 Å². The number of rotatable bonds is 10. The predicted molar refractivity (Wildman–Crippen MR) is 140 cm³/mol. The molecule has 3 rings (SSSR count). The van der Waals surface area contributed by atoms with Gasteiger partial charge in [0.15, 0.2) is 0 Å². The average Bonchev–Trinajstić information content (AvgIpc) is 2.80. The minimum absolute atomic E-state index is 0.161. The molecular formula is C25H33BrN2O4S2. The molecule has 1 saturated heterocycles. The van der Waals surface area contributed by atoms with E-state index in [0.717, 1.165) is 15.8 Å². The van der Waals surface area contributed by atoms with Crippen molar-refractivity contribution in [3.63, 3.8) is 0 Å². The summed E-state index contributed by atoms with van der Waals surface area (Å²) in [4.78, 5) is 15.0. The van der Waals surface area contributed by atoms with E-state index in [1.165, 1.54) is 17.8 Å². The van der Waals surface area contributed by atoms with Gasteiger partial charge in [0, 0.05) is 47.1 Å². The quantitative estimate of drug-likeness (QED) is 0.387. The number of nitrogens with zero attached hydrogens (tertiary/aromatic N) is 1. The number of ether oxygens (including phenoxy) is 1. The zero-order valence-corrected chi connectivity index (χ0v) is 23.1. The van der Waals surface area contributed by atoms with Gasteiger partial charge in [-0.15, -0.1) is 0 Å². The van der Waals surface area contributed by atoms with Gasteiger partial charge in [0.1, 0.15) is 0 Å². The normalized spacial score (nSPS) is 19.2. The molecule has 0 saturated carbocycles. The molecule has 0 radical (unpaired) electrons. The van der Waals surface area contributed by atoms with Gasteiger partial charge < -0.3 is 10.1 Å². The Morgan fingerprint density at radius 1 is 1.15 bits per heavy atom. The molecule has 1 amide bonds. The third-order valence-corrected chi connectivity index (χ3v) is 9.11. The van der Waals surface area contributed by atoms with Crippen molar-refractivity contribution in [2.24, 2.45) is 11.8 Å². The van der Waals surface area contributed by atoms with E-state index in [2.05, 4.69) is 35.1 Å². The number of piperidine rings is 1. The van der Waals surface area contributed by atoms with E-state index < -0.39 is 10.0 Å². The Bertz CT molecular complexity index is 1070. The van der Waals surface area contributed by atoms with Crippen LogP contribution in [0.15, 0.2) is 61.6 Å². The maximum Gasteiger partial charge on any atom is 0.252 e.